The van der Waals surface area contributed by atoms with Crippen molar-refractivity contribution in [2.45, 2.75) is 57.1 Å². The van der Waals surface area contributed by atoms with Crippen LogP contribution in [0.4, 0.5) is 0 Å². The molecule has 1 saturated carbocycles. The van der Waals surface area contributed by atoms with Crippen LogP contribution in [0.1, 0.15) is 45.4 Å². The molecule has 1 aliphatic rings. The minimum absolute atomic E-state index is 0.205. The van der Waals surface area contributed by atoms with Crippen molar-refractivity contribution >= 4 is 5.91 Å². The maximum atomic E-state index is 11.8. The number of methoxy groups -OCH3 is 1. The first-order valence-corrected chi connectivity index (χ1v) is 7.25. The molecule has 112 valence electrons. The van der Waals surface area contributed by atoms with Gasteiger partial charge in [-0.15, -0.1) is 0 Å². The SMILES string of the molecule is CCC1CCC(O)(CNC(=O)C(N)CCOC)CC1. The summed E-state index contributed by atoms with van der Waals surface area (Å²) in [6.07, 6.45) is 5.28. The smallest absolute Gasteiger partial charge is 0.237 e. The number of ether oxygens (including phenoxy) is 1. The maximum Gasteiger partial charge on any atom is 0.237 e. The Morgan fingerprint density at radius 2 is 2.16 bits per heavy atom. The first-order valence-electron chi connectivity index (χ1n) is 7.25. The Kier molecular flexibility index (Phi) is 6.75. The van der Waals surface area contributed by atoms with Crippen molar-refractivity contribution in [3.05, 3.63) is 0 Å². The predicted octanol–water partition coefficient (Wildman–Crippen LogP) is 0.798. The number of nitrogens with two attached hydrogens (primary N) is 1. The van der Waals surface area contributed by atoms with Crippen LogP contribution in [0.2, 0.25) is 0 Å². The standard InChI is InChI=1S/C14H28N2O3/c1-3-11-4-7-14(18,8-5-11)10-16-13(17)12(15)6-9-19-2/h11-12,18H,3-10,15H2,1-2H3,(H,16,17). The van der Waals surface area contributed by atoms with E-state index in [9.17, 15) is 9.90 Å². The molecule has 1 rings (SSSR count). The quantitative estimate of drug-likeness (QED) is 0.640. The molecule has 1 atom stereocenters. The molecule has 0 aromatic rings. The van der Waals surface area contributed by atoms with Gasteiger partial charge in [0.2, 0.25) is 5.91 Å². The first-order chi connectivity index (χ1) is 9.00. The highest BCUT2D eigenvalue weighted by atomic mass is 16.5. The summed E-state index contributed by atoms with van der Waals surface area (Å²) in [5.74, 6) is 0.517. The van der Waals surface area contributed by atoms with E-state index in [-0.39, 0.29) is 5.91 Å². The Labute approximate surface area is 115 Å². The van der Waals surface area contributed by atoms with Crippen LogP contribution in [0.3, 0.4) is 0 Å². The molecular formula is C14H28N2O3. The number of hydrogen-bond donors (Lipinski definition) is 3. The van der Waals surface area contributed by atoms with E-state index in [1.807, 2.05) is 0 Å². The summed E-state index contributed by atoms with van der Waals surface area (Å²) in [6.45, 7) is 2.96. The van der Waals surface area contributed by atoms with Crippen molar-refractivity contribution in [1.82, 2.24) is 5.32 Å². The molecule has 0 saturated heterocycles. The number of carbonyl (C=O) groups is 1. The van der Waals surface area contributed by atoms with E-state index in [2.05, 4.69) is 12.2 Å². The third kappa shape index (κ3) is 5.47. The highest BCUT2D eigenvalue weighted by Gasteiger charge is 2.33. The monoisotopic (exact) mass is 272 g/mol. The maximum absolute atomic E-state index is 11.8. The van der Waals surface area contributed by atoms with Gasteiger partial charge in [0.25, 0.3) is 0 Å². The van der Waals surface area contributed by atoms with Crippen LogP contribution in [-0.4, -0.2) is 42.9 Å². The first kappa shape index (κ1) is 16.4. The highest BCUT2D eigenvalue weighted by Crippen LogP contribution is 2.33. The van der Waals surface area contributed by atoms with E-state index in [4.69, 9.17) is 10.5 Å². The van der Waals surface area contributed by atoms with Gasteiger partial charge in [-0.1, -0.05) is 13.3 Å². The number of nitrogens with one attached hydrogen (secondary N) is 1. The number of amides is 1. The fourth-order valence-electron chi connectivity index (χ4n) is 2.56. The number of hydrogen-bond acceptors (Lipinski definition) is 4. The van der Waals surface area contributed by atoms with Crippen LogP contribution >= 0.6 is 0 Å². The Morgan fingerprint density at radius 3 is 2.68 bits per heavy atom. The second-order valence-corrected chi connectivity index (χ2v) is 5.68. The van der Waals surface area contributed by atoms with Crippen molar-refractivity contribution in [2.24, 2.45) is 11.7 Å². The molecule has 5 nitrogen and oxygen atoms in total. The largest absolute Gasteiger partial charge is 0.388 e. The van der Waals surface area contributed by atoms with Gasteiger partial charge < -0.3 is 20.9 Å². The molecular weight excluding hydrogens is 244 g/mol. The molecule has 0 aromatic carbocycles. The van der Waals surface area contributed by atoms with Crippen LogP contribution in [0, 0.1) is 5.92 Å². The molecule has 0 radical (unpaired) electrons. The Hall–Kier alpha value is -0.650. The zero-order chi connectivity index (χ0) is 14.3. The molecule has 19 heavy (non-hydrogen) atoms. The van der Waals surface area contributed by atoms with Crippen LogP contribution in [0.25, 0.3) is 0 Å². The molecule has 4 N–H and O–H groups in total. The van der Waals surface area contributed by atoms with Crippen molar-refractivity contribution < 1.29 is 14.6 Å². The van der Waals surface area contributed by atoms with Gasteiger partial charge in [-0.05, 0) is 38.0 Å². The molecule has 0 aromatic heterocycles. The lowest BCUT2D eigenvalue weighted by atomic mass is 9.78. The molecule has 1 amide bonds. The summed E-state index contributed by atoms with van der Waals surface area (Å²) in [5.41, 5.74) is 4.98. The van der Waals surface area contributed by atoms with Crippen molar-refractivity contribution in [3.8, 4) is 0 Å². The summed E-state index contributed by atoms with van der Waals surface area (Å²) in [6, 6.07) is -0.560. The van der Waals surface area contributed by atoms with Crippen LogP contribution in [-0.2, 0) is 9.53 Å². The number of rotatable bonds is 7. The summed E-state index contributed by atoms with van der Waals surface area (Å²) < 4.78 is 4.89. The average Bonchev–Trinajstić information content (AvgIpc) is 2.43. The van der Waals surface area contributed by atoms with E-state index < -0.39 is 11.6 Å². The zero-order valence-corrected chi connectivity index (χ0v) is 12.2. The van der Waals surface area contributed by atoms with Gasteiger partial charge >= 0.3 is 0 Å². The molecule has 1 fully saturated rings. The minimum Gasteiger partial charge on any atom is -0.388 e. The van der Waals surface area contributed by atoms with Gasteiger partial charge in [-0.2, -0.15) is 0 Å². The normalized spacial score (nSPS) is 28.9. The van der Waals surface area contributed by atoms with Gasteiger partial charge in [0.05, 0.1) is 11.6 Å². The molecule has 1 aliphatic carbocycles. The minimum atomic E-state index is -0.748. The van der Waals surface area contributed by atoms with E-state index in [0.717, 1.165) is 31.6 Å². The van der Waals surface area contributed by atoms with Crippen LogP contribution < -0.4 is 11.1 Å². The second kappa shape index (κ2) is 7.82. The summed E-state index contributed by atoms with van der Waals surface area (Å²) >= 11 is 0. The number of aliphatic hydroxyl groups is 1. The molecule has 0 aliphatic heterocycles. The van der Waals surface area contributed by atoms with E-state index in [1.165, 1.54) is 6.42 Å². The van der Waals surface area contributed by atoms with Gasteiger partial charge in [0, 0.05) is 20.3 Å². The third-order valence-electron chi connectivity index (χ3n) is 4.17. The molecule has 1 unspecified atom stereocenters. The average molecular weight is 272 g/mol. The van der Waals surface area contributed by atoms with Crippen LogP contribution in [0.5, 0.6) is 0 Å². The van der Waals surface area contributed by atoms with Gasteiger partial charge in [-0.25, -0.2) is 0 Å². The van der Waals surface area contributed by atoms with Crippen LogP contribution in [0.15, 0.2) is 0 Å². The zero-order valence-electron chi connectivity index (χ0n) is 12.2. The van der Waals surface area contributed by atoms with Crippen molar-refractivity contribution in [3.63, 3.8) is 0 Å². The predicted molar refractivity (Wildman–Crippen MR) is 74.7 cm³/mol. The molecule has 5 heteroatoms. The topological polar surface area (TPSA) is 84.6 Å². The van der Waals surface area contributed by atoms with Gasteiger partial charge in [0.15, 0.2) is 0 Å². The van der Waals surface area contributed by atoms with Crippen molar-refractivity contribution in [2.75, 3.05) is 20.3 Å². The summed E-state index contributed by atoms with van der Waals surface area (Å²) in [4.78, 5) is 11.8. The summed E-state index contributed by atoms with van der Waals surface area (Å²) in [5, 5.41) is 13.2. The second-order valence-electron chi connectivity index (χ2n) is 5.68. The Morgan fingerprint density at radius 1 is 1.53 bits per heavy atom. The Balaban J connectivity index is 2.29. The molecule has 0 bridgehead atoms. The fraction of sp³-hybridized carbons (Fsp3) is 0.929. The number of carbonyl (C=O) groups excluding carboxylic acids is 1. The third-order valence-corrected chi connectivity index (χ3v) is 4.17. The highest BCUT2D eigenvalue weighted by molar-refractivity contribution is 5.81. The van der Waals surface area contributed by atoms with Gasteiger partial charge in [-0.3, -0.25) is 4.79 Å². The summed E-state index contributed by atoms with van der Waals surface area (Å²) in [7, 11) is 1.58. The lowest BCUT2D eigenvalue weighted by molar-refractivity contribution is -0.124. The van der Waals surface area contributed by atoms with E-state index in [1.54, 1.807) is 7.11 Å². The fourth-order valence-corrected chi connectivity index (χ4v) is 2.56. The lowest BCUT2D eigenvalue weighted by Crippen LogP contribution is -2.49. The van der Waals surface area contributed by atoms with E-state index in [0.29, 0.717) is 19.6 Å². The molecule has 0 heterocycles. The van der Waals surface area contributed by atoms with E-state index >= 15 is 0 Å². The van der Waals surface area contributed by atoms with Crippen molar-refractivity contribution in [1.29, 1.82) is 0 Å². The Bertz CT molecular complexity index is 276. The van der Waals surface area contributed by atoms with Gasteiger partial charge in [0.1, 0.15) is 0 Å². The lowest BCUT2D eigenvalue weighted by Gasteiger charge is -2.36. The molecule has 0 spiro atoms.